The Morgan fingerprint density at radius 1 is 1.26 bits per heavy atom. The number of carbonyl (C=O) groups is 1. The van der Waals surface area contributed by atoms with Gasteiger partial charge in [0.05, 0.1) is 12.0 Å². The number of benzene rings is 1. The lowest BCUT2D eigenvalue weighted by Gasteiger charge is -2.04. The zero-order valence-electron chi connectivity index (χ0n) is 10.3. The van der Waals surface area contributed by atoms with Crippen LogP contribution in [0.2, 0.25) is 0 Å². The summed E-state index contributed by atoms with van der Waals surface area (Å²) in [4.78, 5) is 26.0. The van der Waals surface area contributed by atoms with Gasteiger partial charge < -0.3 is 9.72 Å². The molecule has 1 heterocycles. The minimum absolute atomic E-state index is 0.0205. The van der Waals surface area contributed by atoms with Crippen molar-refractivity contribution in [2.45, 2.75) is 4.90 Å². The molecular weight excluding hydrogens is 270 g/mol. The van der Waals surface area contributed by atoms with Gasteiger partial charge in [0, 0.05) is 23.2 Å². The van der Waals surface area contributed by atoms with Crippen molar-refractivity contribution in [1.82, 2.24) is 4.98 Å². The van der Waals surface area contributed by atoms with Crippen LogP contribution in [-0.2, 0) is 14.6 Å². The Morgan fingerprint density at radius 3 is 2.53 bits per heavy atom. The molecule has 0 spiro atoms. The van der Waals surface area contributed by atoms with Gasteiger partial charge in [-0.2, -0.15) is 0 Å². The molecule has 2 rings (SSSR count). The van der Waals surface area contributed by atoms with E-state index in [0.29, 0.717) is 5.52 Å². The van der Waals surface area contributed by atoms with E-state index >= 15 is 0 Å². The predicted molar refractivity (Wildman–Crippen MR) is 69.0 cm³/mol. The molecule has 0 radical (unpaired) electrons. The van der Waals surface area contributed by atoms with Gasteiger partial charge in [-0.05, 0) is 18.2 Å². The molecule has 100 valence electrons. The second-order valence-corrected chi connectivity index (χ2v) is 6.03. The third-order valence-corrected chi connectivity index (χ3v) is 3.74. The number of aromatic nitrogens is 1. The van der Waals surface area contributed by atoms with Crippen LogP contribution in [0.3, 0.4) is 0 Å². The molecule has 2 aromatic rings. The van der Waals surface area contributed by atoms with E-state index in [9.17, 15) is 18.0 Å². The van der Waals surface area contributed by atoms with Gasteiger partial charge in [-0.25, -0.2) is 13.2 Å². The Bertz CT molecular complexity index is 820. The number of hydrogen-bond acceptors (Lipinski definition) is 5. The van der Waals surface area contributed by atoms with Gasteiger partial charge in [0.25, 0.3) is 0 Å². The van der Waals surface area contributed by atoms with Crippen LogP contribution in [0.15, 0.2) is 34.0 Å². The van der Waals surface area contributed by atoms with Crippen molar-refractivity contribution < 1.29 is 17.9 Å². The normalized spacial score (nSPS) is 11.5. The van der Waals surface area contributed by atoms with Gasteiger partial charge in [-0.15, -0.1) is 0 Å². The van der Waals surface area contributed by atoms with Gasteiger partial charge in [-0.1, -0.05) is 0 Å². The Hall–Kier alpha value is -2.15. The summed E-state index contributed by atoms with van der Waals surface area (Å²) in [5, 5.41) is 0.204. The summed E-state index contributed by atoms with van der Waals surface area (Å²) < 4.78 is 27.4. The number of fused-ring (bicyclic) bond motifs is 1. The summed E-state index contributed by atoms with van der Waals surface area (Å²) in [5.74, 6) is -0.661. The van der Waals surface area contributed by atoms with Crippen molar-refractivity contribution in [3.8, 4) is 0 Å². The molecule has 0 aliphatic heterocycles. The van der Waals surface area contributed by atoms with E-state index in [1.807, 2.05) is 0 Å². The number of ether oxygens (including phenoxy) is 1. The van der Waals surface area contributed by atoms with Crippen LogP contribution in [0, 0.1) is 0 Å². The standard InChI is InChI=1S/C12H11NO5S/c1-18-12(15)10-6-11(14)8-5-7(19(2,16)17)3-4-9(8)13-10/h3-6H,1-2H3,(H,13,14). The molecule has 1 aromatic heterocycles. The monoisotopic (exact) mass is 281 g/mol. The first-order chi connectivity index (χ1) is 8.82. The zero-order chi connectivity index (χ0) is 14.2. The Balaban J connectivity index is 2.74. The smallest absolute Gasteiger partial charge is 0.354 e. The molecule has 6 nitrogen and oxygen atoms in total. The third-order valence-electron chi connectivity index (χ3n) is 2.63. The highest BCUT2D eigenvalue weighted by molar-refractivity contribution is 7.90. The lowest BCUT2D eigenvalue weighted by atomic mass is 10.2. The zero-order valence-corrected chi connectivity index (χ0v) is 11.1. The van der Waals surface area contributed by atoms with Crippen LogP contribution < -0.4 is 5.43 Å². The largest absolute Gasteiger partial charge is 0.464 e. The van der Waals surface area contributed by atoms with Crippen molar-refractivity contribution in [3.05, 3.63) is 40.2 Å². The molecular formula is C12H11NO5S. The number of methoxy groups -OCH3 is 1. The fraction of sp³-hybridized carbons (Fsp3) is 0.167. The van der Waals surface area contributed by atoms with Crippen LogP contribution in [0.25, 0.3) is 10.9 Å². The van der Waals surface area contributed by atoms with Crippen molar-refractivity contribution >= 4 is 26.7 Å². The number of H-pyrrole nitrogens is 1. The number of esters is 1. The van der Waals surface area contributed by atoms with Crippen molar-refractivity contribution in [2.75, 3.05) is 13.4 Å². The number of pyridine rings is 1. The number of aromatic amines is 1. The van der Waals surface area contributed by atoms with E-state index in [-0.39, 0.29) is 16.0 Å². The molecule has 0 amide bonds. The Morgan fingerprint density at radius 2 is 1.95 bits per heavy atom. The van der Waals surface area contributed by atoms with E-state index in [0.717, 1.165) is 12.3 Å². The van der Waals surface area contributed by atoms with Crippen LogP contribution in [0.4, 0.5) is 0 Å². The van der Waals surface area contributed by atoms with E-state index < -0.39 is 21.2 Å². The molecule has 0 aliphatic carbocycles. The highest BCUT2D eigenvalue weighted by Gasteiger charge is 2.12. The van der Waals surface area contributed by atoms with Gasteiger partial charge >= 0.3 is 5.97 Å². The van der Waals surface area contributed by atoms with E-state index in [1.54, 1.807) is 0 Å². The SMILES string of the molecule is COC(=O)c1cc(=O)c2cc(S(C)(=O)=O)ccc2[nH]1. The predicted octanol–water partition coefficient (Wildman–Crippen LogP) is 0.718. The number of sulfone groups is 1. The molecule has 0 atom stereocenters. The average Bonchev–Trinajstić information content (AvgIpc) is 2.36. The molecule has 0 unspecified atom stereocenters. The number of rotatable bonds is 2. The van der Waals surface area contributed by atoms with Crippen molar-refractivity contribution in [3.63, 3.8) is 0 Å². The first kappa shape index (κ1) is 13.3. The first-order valence-corrected chi connectivity index (χ1v) is 7.17. The number of nitrogens with one attached hydrogen (secondary N) is 1. The third kappa shape index (κ3) is 2.50. The quantitative estimate of drug-likeness (QED) is 0.819. The summed E-state index contributed by atoms with van der Waals surface area (Å²) in [6.07, 6.45) is 1.06. The molecule has 0 fully saturated rings. The Labute approximate surface area is 108 Å². The molecule has 19 heavy (non-hydrogen) atoms. The summed E-state index contributed by atoms with van der Waals surface area (Å²) in [5.41, 5.74) is -0.0490. The maximum absolute atomic E-state index is 11.9. The molecule has 0 aliphatic rings. The van der Waals surface area contributed by atoms with E-state index in [1.165, 1.54) is 25.3 Å². The van der Waals surface area contributed by atoms with Crippen LogP contribution in [0.1, 0.15) is 10.5 Å². The highest BCUT2D eigenvalue weighted by Crippen LogP contribution is 2.15. The van der Waals surface area contributed by atoms with Gasteiger partial charge in [0.2, 0.25) is 0 Å². The maximum atomic E-state index is 11.9. The van der Waals surface area contributed by atoms with Gasteiger partial charge in [-0.3, -0.25) is 4.79 Å². The molecule has 0 saturated heterocycles. The van der Waals surface area contributed by atoms with Gasteiger partial charge in [0.15, 0.2) is 15.3 Å². The summed E-state index contributed by atoms with van der Waals surface area (Å²) in [6, 6.07) is 5.18. The van der Waals surface area contributed by atoms with Crippen molar-refractivity contribution in [2.24, 2.45) is 0 Å². The minimum Gasteiger partial charge on any atom is -0.464 e. The van der Waals surface area contributed by atoms with Crippen molar-refractivity contribution in [1.29, 1.82) is 0 Å². The highest BCUT2D eigenvalue weighted by atomic mass is 32.2. The first-order valence-electron chi connectivity index (χ1n) is 5.28. The molecule has 7 heteroatoms. The fourth-order valence-corrected chi connectivity index (χ4v) is 2.32. The van der Waals surface area contributed by atoms with Crippen LogP contribution in [-0.4, -0.2) is 32.7 Å². The number of carbonyl (C=O) groups excluding carboxylic acids is 1. The lowest BCUT2D eigenvalue weighted by molar-refractivity contribution is 0.0594. The summed E-state index contributed by atoms with van der Waals surface area (Å²) in [6.45, 7) is 0. The Kier molecular flexibility index (Phi) is 3.15. The molecule has 1 N–H and O–H groups in total. The van der Waals surface area contributed by atoms with E-state index in [2.05, 4.69) is 9.72 Å². The topological polar surface area (TPSA) is 93.3 Å². The summed E-state index contributed by atoms with van der Waals surface area (Å²) in [7, 11) is -2.18. The van der Waals surface area contributed by atoms with E-state index in [4.69, 9.17) is 0 Å². The number of hydrogen-bond donors (Lipinski definition) is 1. The van der Waals surface area contributed by atoms with Crippen LogP contribution >= 0.6 is 0 Å². The second-order valence-electron chi connectivity index (χ2n) is 4.02. The second kappa shape index (κ2) is 4.51. The fourth-order valence-electron chi connectivity index (χ4n) is 1.68. The lowest BCUT2D eigenvalue weighted by Crippen LogP contribution is -2.11. The van der Waals surface area contributed by atoms with Gasteiger partial charge in [0.1, 0.15) is 5.69 Å². The molecule has 1 aromatic carbocycles. The average molecular weight is 281 g/mol. The molecule has 0 saturated carbocycles. The minimum atomic E-state index is -3.39. The maximum Gasteiger partial charge on any atom is 0.354 e. The summed E-state index contributed by atoms with van der Waals surface area (Å²) >= 11 is 0. The molecule has 0 bridgehead atoms. The van der Waals surface area contributed by atoms with Crippen LogP contribution in [0.5, 0.6) is 0 Å².